The minimum atomic E-state index is -0.322. The molecule has 0 aliphatic rings. The molecule has 0 saturated carbocycles. The first-order valence-corrected chi connectivity index (χ1v) is 9.48. The molecule has 0 saturated heterocycles. The lowest BCUT2D eigenvalue weighted by molar-refractivity contribution is 0.0948. The lowest BCUT2D eigenvalue weighted by Crippen LogP contribution is -2.23. The second kappa shape index (κ2) is 8.61. The number of halogens is 1. The highest BCUT2D eigenvalue weighted by molar-refractivity contribution is 6.02. The average molecular weight is 401 g/mol. The Kier molecular flexibility index (Phi) is 5.57. The summed E-state index contributed by atoms with van der Waals surface area (Å²) < 4.78 is 20.4. The number of nitrogens with one attached hydrogen (secondary N) is 1. The topological polar surface area (TPSA) is 56.1 Å². The highest BCUT2D eigenvalue weighted by Crippen LogP contribution is 2.32. The number of amides is 1. The predicted molar refractivity (Wildman–Crippen MR) is 113 cm³/mol. The van der Waals surface area contributed by atoms with Gasteiger partial charge < -0.3 is 10.1 Å². The maximum atomic E-state index is 13.2. The lowest BCUT2D eigenvalue weighted by atomic mass is 10.1. The van der Waals surface area contributed by atoms with Gasteiger partial charge in [0.15, 0.2) is 0 Å². The van der Waals surface area contributed by atoms with Crippen LogP contribution in [0.2, 0.25) is 0 Å². The molecule has 0 atom stereocenters. The fraction of sp³-hybridized carbons (Fsp3) is 0.0833. The molecule has 4 aromatic rings. The van der Waals surface area contributed by atoms with E-state index in [1.54, 1.807) is 16.8 Å². The molecule has 1 aromatic heterocycles. The molecule has 6 heteroatoms. The molecule has 1 heterocycles. The molecule has 0 radical (unpaired) electrons. The molecule has 30 heavy (non-hydrogen) atoms. The largest absolute Gasteiger partial charge is 0.480 e. The lowest BCUT2D eigenvalue weighted by Gasteiger charge is -2.09. The minimum absolute atomic E-state index is 0.257. The smallest absolute Gasteiger partial charge is 0.259 e. The number of methoxy groups -OCH3 is 1. The zero-order chi connectivity index (χ0) is 20.9. The quantitative estimate of drug-likeness (QED) is 0.513. The summed E-state index contributed by atoms with van der Waals surface area (Å²) in [5, 5.41) is 7.58. The van der Waals surface area contributed by atoms with Gasteiger partial charge in [-0.1, -0.05) is 60.7 Å². The molecule has 0 unspecified atom stereocenters. The highest BCUT2D eigenvalue weighted by atomic mass is 19.1. The molecule has 0 bridgehead atoms. The van der Waals surface area contributed by atoms with Gasteiger partial charge in [0.1, 0.15) is 17.1 Å². The maximum absolute atomic E-state index is 13.2. The SMILES string of the molecule is COc1c(C(=O)NCc2ccc(F)cc2)c(-c2ccccc2)nn1-c1ccccc1. The Hall–Kier alpha value is -3.93. The summed E-state index contributed by atoms with van der Waals surface area (Å²) in [5.41, 5.74) is 3.24. The van der Waals surface area contributed by atoms with Crippen molar-refractivity contribution in [2.45, 2.75) is 6.54 Å². The number of para-hydroxylation sites is 1. The van der Waals surface area contributed by atoms with E-state index in [0.29, 0.717) is 17.1 Å². The summed E-state index contributed by atoms with van der Waals surface area (Å²) in [6.07, 6.45) is 0. The van der Waals surface area contributed by atoms with Crippen molar-refractivity contribution in [3.05, 3.63) is 102 Å². The number of ether oxygens (including phenoxy) is 1. The molecule has 4 rings (SSSR count). The van der Waals surface area contributed by atoms with Gasteiger partial charge in [-0.15, -0.1) is 0 Å². The van der Waals surface area contributed by atoms with Crippen LogP contribution in [0.3, 0.4) is 0 Å². The van der Waals surface area contributed by atoms with Crippen molar-refractivity contribution in [2.75, 3.05) is 7.11 Å². The maximum Gasteiger partial charge on any atom is 0.259 e. The summed E-state index contributed by atoms with van der Waals surface area (Å²) in [4.78, 5) is 13.2. The van der Waals surface area contributed by atoms with Gasteiger partial charge in [0.25, 0.3) is 5.91 Å². The van der Waals surface area contributed by atoms with Crippen LogP contribution in [0.25, 0.3) is 16.9 Å². The Morgan fingerprint density at radius 3 is 2.23 bits per heavy atom. The number of nitrogens with zero attached hydrogens (tertiary/aromatic N) is 2. The molecular formula is C24H20FN3O2. The number of carbonyl (C=O) groups is 1. The summed E-state index contributed by atoms with van der Waals surface area (Å²) in [7, 11) is 1.52. The number of hydrogen-bond acceptors (Lipinski definition) is 3. The third-order valence-electron chi connectivity index (χ3n) is 4.68. The van der Waals surface area contributed by atoms with Crippen LogP contribution in [0.15, 0.2) is 84.9 Å². The van der Waals surface area contributed by atoms with Crippen molar-refractivity contribution in [2.24, 2.45) is 0 Å². The fourth-order valence-corrected chi connectivity index (χ4v) is 3.21. The molecule has 0 spiro atoms. The van der Waals surface area contributed by atoms with Crippen LogP contribution in [-0.4, -0.2) is 22.8 Å². The molecule has 5 nitrogen and oxygen atoms in total. The van der Waals surface area contributed by atoms with Gasteiger partial charge in [-0.25, -0.2) is 4.39 Å². The molecule has 1 amide bonds. The Bertz CT molecular complexity index is 1140. The van der Waals surface area contributed by atoms with Gasteiger partial charge in [0, 0.05) is 12.1 Å². The first-order chi connectivity index (χ1) is 14.7. The van der Waals surface area contributed by atoms with E-state index in [1.165, 1.54) is 19.2 Å². The van der Waals surface area contributed by atoms with Crippen molar-refractivity contribution in [3.63, 3.8) is 0 Å². The van der Waals surface area contributed by atoms with Gasteiger partial charge in [-0.05, 0) is 29.8 Å². The highest BCUT2D eigenvalue weighted by Gasteiger charge is 2.26. The summed E-state index contributed by atoms with van der Waals surface area (Å²) >= 11 is 0. The van der Waals surface area contributed by atoms with E-state index in [0.717, 1.165) is 16.8 Å². The first-order valence-electron chi connectivity index (χ1n) is 9.48. The molecule has 3 aromatic carbocycles. The van der Waals surface area contributed by atoms with Crippen LogP contribution < -0.4 is 10.1 Å². The second-order valence-electron chi connectivity index (χ2n) is 6.66. The molecule has 1 N–H and O–H groups in total. The zero-order valence-electron chi connectivity index (χ0n) is 16.4. The molecule has 0 fully saturated rings. The van der Waals surface area contributed by atoms with Crippen LogP contribution in [0, 0.1) is 5.82 Å². The van der Waals surface area contributed by atoms with E-state index < -0.39 is 0 Å². The van der Waals surface area contributed by atoms with E-state index in [1.807, 2.05) is 60.7 Å². The van der Waals surface area contributed by atoms with Crippen molar-refractivity contribution in [1.82, 2.24) is 15.1 Å². The number of carbonyl (C=O) groups excluding carboxylic acids is 1. The van der Waals surface area contributed by atoms with Crippen LogP contribution in [-0.2, 0) is 6.54 Å². The zero-order valence-corrected chi connectivity index (χ0v) is 16.4. The van der Waals surface area contributed by atoms with E-state index in [9.17, 15) is 9.18 Å². The van der Waals surface area contributed by atoms with Gasteiger partial charge in [0.2, 0.25) is 5.88 Å². The third kappa shape index (κ3) is 3.93. The molecule has 150 valence electrons. The Balaban J connectivity index is 1.75. The average Bonchev–Trinajstić information content (AvgIpc) is 3.19. The first kappa shape index (κ1) is 19.4. The Morgan fingerprint density at radius 2 is 1.60 bits per heavy atom. The van der Waals surface area contributed by atoms with Crippen LogP contribution >= 0.6 is 0 Å². The van der Waals surface area contributed by atoms with Gasteiger partial charge in [-0.2, -0.15) is 9.78 Å². The van der Waals surface area contributed by atoms with E-state index in [2.05, 4.69) is 5.32 Å². The summed E-state index contributed by atoms with van der Waals surface area (Å²) in [5.74, 6) is -0.295. The van der Waals surface area contributed by atoms with Crippen molar-refractivity contribution in [1.29, 1.82) is 0 Å². The van der Waals surface area contributed by atoms with Gasteiger partial charge in [-0.3, -0.25) is 4.79 Å². The Morgan fingerprint density at radius 1 is 0.967 bits per heavy atom. The number of hydrogen-bond donors (Lipinski definition) is 1. The number of rotatable bonds is 6. The van der Waals surface area contributed by atoms with Crippen LogP contribution in [0.4, 0.5) is 4.39 Å². The standard InChI is InChI=1S/C24H20FN3O2/c1-30-24-21(23(29)26-16-17-12-14-19(25)15-13-17)22(18-8-4-2-5-9-18)27-28(24)20-10-6-3-7-11-20/h2-15H,16H2,1H3,(H,26,29). The van der Waals surface area contributed by atoms with Gasteiger partial charge in [0.05, 0.1) is 12.8 Å². The van der Waals surface area contributed by atoms with Crippen LogP contribution in [0.1, 0.15) is 15.9 Å². The van der Waals surface area contributed by atoms with E-state index >= 15 is 0 Å². The normalized spacial score (nSPS) is 10.6. The van der Waals surface area contributed by atoms with Crippen molar-refractivity contribution in [3.8, 4) is 22.8 Å². The van der Waals surface area contributed by atoms with Crippen LogP contribution in [0.5, 0.6) is 5.88 Å². The monoisotopic (exact) mass is 401 g/mol. The third-order valence-corrected chi connectivity index (χ3v) is 4.68. The van der Waals surface area contributed by atoms with Gasteiger partial charge >= 0.3 is 0 Å². The molecular weight excluding hydrogens is 381 g/mol. The summed E-state index contributed by atoms with van der Waals surface area (Å²) in [6, 6.07) is 25.0. The summed E-state index contributed by atoms with van der Waals surface area (Å²) in [6.45, 7) is 0.257. The van der Waals surface area contributed by atoms with E-state index in [4.69, 9.17) is 9.84 Å². The van der Waals surface area contributed by atoms with Crippen molar-refractivity contribution >= 4 is 5.91 Å². The van der Waals surface area contributed by atoms with Crippen molar-refractivity contribution < 1.29 is 13.9 Å². The second-order valence-corrected chi connectivity index (χ2v) is 6.66. The minimum Gasteiger partial charge on any atom is -0.480 e. The predicted octanol–water partition coefficient (Wildman–Crippen LogP) is 4.62. The molecule has 0 aliphatic carbocycles. The Labute approximate surface area is 173 Å². The molecule has 0 aliphatic heterocycles. The fourth-order valence-electron chi connectivity index (χ4n) is 3.21. The number of aromatic nitrogens is 2. The van der Waals surface area contributed by atoms with E-state index in [-0.39, 0.29) is 18.3 Å². The number of benzene rings is 3.